The first-order valence-electron chi connectivity index (χ1n) is 5.72. The second-order valence-corrected chi connectivity index (χ2v) is 5.88. The molecule has 0 amide bonds. The summed E-state index contributed by atoms with van der Waals surface area (Å²) in [4.78, 5) is 9.04. The van der Waals surface area contributed by atoms with E-state index in [2.05, 4.69) is 9.82 Å². The third-order valence-corrected chi connectivity index (χ3v) is 4.07. The first-order chi connectivity index (χ1) is 9.81. The van der Waals surface area contributed by atoms with Crippen LogP contribution in [0.4, 0.5) is 10.1 Å². The molecule has 0 aliphatic heterocycles. The third-order valence-electron chi connectivity index (χ3n) is 2.63. The Morgan fingerprint density at radius 2 is 2.14 bits per heavy atom. The van der Waals surface area contributed by atoms with Gasteiger partial charge >= 0.3 is 5.69 Å². The lowest BCUT2D eigenvalue weighted by molar-refractivity contribution is -0.390. The van der Waals surface area contributed by atoms with Crippen LogP contribution in [0.5, 0.6) is 0 Å². The van der Waals surface area contributed by atoms with E-state index in [1.54, 1.807) is 19.3 Å². The molecule has 1 N–H and O–H groups in total. The summed E-state index contributed by atoms with van der Waals surface area (Å²) in [6.07, 6.45) is 1.62. The molecule has 0 bridgehead atoms. The van der Waals surface area contributed by atoms with Crippen LogP contribution in [0.3, 0.4) is 0 Å². The summed E-state index contributed by atoms with van der Waals surface area (Å²) in [7, 11) is -2.57. The summed E-state index contributed by atoms with van der Waals surface area (Å²) in [6.45, 7) is -0.156. The van der Waals surface area contributed by atoms with Gasteiger partial charge in [-0.1, -0.05) is 6.07 Å². The van der Waals surface area contributed by atoms with E-state index in [0.717, 1.165) is 18.2 Å². The number of rotatable bonds is 5. The van der Waals surface area contributed by atoms with Crippen LogP contribution in [0.25, 0.3) is 0 Å². The van der Waals surface area contributed by atoms with Crippen LogP contribution in [0.15, 0.2) is 35.4 Å². The van der Waals surface area contributed by atoms with Gasteiger partial charge in [0, 0.05) is 13.2 Å². The fourth-order valence-corrected chi connectivity index (χ4v) is 2.87. The first kappa shape index (κ1) is 15.1. The summed E-state index contributed by atoms with van der Waals surface area (Å²) in [5.74, 6) is -1.21. The molecule has 1 heterocycles. The summed E-state index contributed by atoms with van der Waals surface area (Å²) in [5.41, 5.74) is -0.647. The zero-order valence-electron chi connectivity index (χ0n) is 10.9. The standard InChI is InChI=1S/C11H11FN4O4S/c1-15-6-5-8(14-15)7-13-21(19,20)10-4-2-3-9(12)11(10)16(17)18/h2-6,13H,7H2,1H3. The maximum atomic E-state index is 13.4. The lowest BCUT2D eigenvalue weighted by atomic mass is 10.3. The van der Waals surface area contributed by atoms with Crippen molar-refractivity contribution >= 4 is 15.7 Å². The van der Waals surface area contributed by atoms with Crippen LogP contribution in [0.2, 0.25) is 0 Å². The van der Waals surface area contributed by atoms with E-state index in [9.17, 15) is 22.9 Å². The molecular formula is C11H11FN4O4S. The number of benzene rings is 1. The van der Waals surface area contributed by atoms with E-state index in [1.165, 1.54) is 4.68 Å². The zero-order valence-corrected chi connectivity index (χ0v) is 11.7. The van der Waals surface area contributed by atoms with Crippen LogP contribution in [0, 0.1) is 15.9 Å². The van der Waals surface area contributed by atoms with E-state index in [1.807, 2.05) is 0 Å². The summed E-state index contributed by atoms with van der Waals surface area (Å²) in [5, 5.41) is 14.8. The van der Waals surface area contributed by atoms with Gasteiger partial charge in [0.15, 0.2) is 4.90 Å². The average molecular weight is 314 g/mol. The number of sulfonamides is 1. The Labute approximate surface area is 119 Å². The fourth-order valence-electron chi connectivity index (χ4n) is 1.69. The summed E-state index contributed by atoms with van der Waals surface area (Å²) >= 11 is 0. The molecule has 0 unspecified atom stereocenters. The topological polar surface area (TPSA) is 107 Å². The van der Waals surface area contributed by atoms with E-state index in [4.69, 9.17) is 0 Å². The number of aromatic nitrogens is 2. The highest BCUT2D eigenvalue weighted by molar-refractivity contribution is 7.89. The monoisotopic (exact) mass is 314 g/mol. The maximum absolute atomic E-state index is 13.4. The van der Waals surface area contributed by atoms with Gasteiger partial charge in [-0.3, -0.25) is 14.8 Å². The predicted octanol–water partition coefficient (Wildman–Crippen LogP) is 0.946. The molecule has 0 spiro atoms. The van der Waals surface area contributed by atoms with Crippen molar-refractivity contribution in [3.8, 4) is 0 Å². The Morgan fingerprint density at radius 3 is 2.71 bits per heavy atom. The van der Waals surface area contributed by atoms with Gasteiger partial charge in [-0.2, -0.15) is 9.49 Å². The van der Waals surface area contributed by atoms with Crippen LogP contribution in [0.1, 0.15) is 5.69 Å². The highest BCUT2D eigenvalue weighted by Crippen LogP contribution is 2.26. The lowest BCUT2D eigenvalue weighted by Crippen LogP contribution is -2.24. The molecule has 1 aromatic carbocycles. The molecule has 2 rings (SSSR count). The molecule has 0 fully saturated rings. The lowest BCUT2D eigenvalue weighted by Gasteiger charge is -2.06. The van der Waals surface area contributed by atoms with Gasteiger partial charge in [0.1, 0.15) is 0 Å². The van der Waals surface area contributed by atoms with E-state index in [0.29, 0.717) is 5.69 Å². The smallest absolute Gasteiger partial charge is 0.276 e. The Balaban J connectivity index is 2.32. The number of nitro groups is 1. The average Bonchev–Trinajstić information content (AvgIpc) is 2.82. The number of hydrogen-bond donors (Lipinski definition) is 1. The number of halogens is 1. The van der Waals surface area contributed by atoms with Crippen molar-refractivity contribution in [2.75, 3.05) is 0 Å². The van der Waals surface area contributed by atoms with E-state index in [-0.39, 0.29) is 6.54 Å². The molecule has 2 aromatic rings. The van der Waals surface area contributed by atoms with Gasteiger partial charge in [0.2, 0.25) is 15.8 Å². The minimum Gasteiger partial charge on any atom is -0.276 e. The van der Waals surface area contributed by atoms with Gasteiger partial charge in [0.25, 0.3) is 0 Å². The molecule has 8 nitrogen and oxygen atoms in total. The van der Waals surface area contributed by atoms with Gasteiger partial charge in [-0.25, -0.2) is 13.1 Å². The molecule has 0 aliphatic carbocycles. The number of nitrogens with one attached hydrogen (secondary N) is 1. The number of nitro benzene ring substituents is 1. The second kappa shape index (κ2) is 5.58. The van der Waals surface area contributed by atoms with Crippen LogP contribution in [-0.2, 0) is 23.6 Å². The predicted molar refractivity (Wildman–Crippen MR) is 70.3 cm³/mol. The Bertz CT molecular complexity index is 787. The van der Waals surface area contributed by atoms with Crippen molar-refractivity contribution in [3.05, 3.63) is 52.1 Å². The summed E-state index contributed by atoms with van der Waals surface area (Å²) < 4.78 is 41.2. The van der Waals surface area contributed by atoms with Gasteiger partial charge in [-0.15, -0.1) is 0 Å². The van der Waals surface area contributed by atoms with Gasteiger partial charge < -0.3 is 0 Å². The van der Waals surface area contributed by atoms with Crippen LogP contribution >= 0.6 is 0 Å². The van der Waals surface area contributed by atoms with Crippen molar-refractivity contribution in [2.24, 2.45) is 7.05 Å². The largest absolute Gasteiger partial charge is 0.324 e. The molecule has 1 aromatic heterocycles. The highest BCUT2D eigenvalue weighted by Gasteiger charge is 2.29. The third kappa shape index (κ3) is 3.23. The number of nitrogens with zero attached hydrogens (tertiary/aromatic N) is 3. The highest BCUT2D eigenvalue weighted by atomic mass is 32.2. The number of aryl methyl sites for hydroxylation is 1. The first-order valence-corrected chi connectivity index (χ1v) is 7.20. The number of para-hydroxylation sites is 1. The number of hydrogen-bond acceptors (Lipinski definition) is 5. The minimum atomic E-state index is -4.23. The normalized spacial score (nSPS) is 11.5. The molecule has 21 heavy (non-hydrogen) atoms. The van der Waals surface area contributed by atoms with Crippen molar-refractivity contribution in [2.45, 2.75) is 11.4 Å². The second-order valence-electron chi connectivity index (χ2n) is 4.15. The maximum Gasteiger partial charge on any atom is 0.324 e. The van der Waals surface area contributed by atoms with Crippen LogP contribution in [-0.4, -0.2) is 23.1 Å². The Morgan fingerprint density at radius 1 is 1.43 bits per heavy atom. The van der Waals surface area contributed by atoms with Crippen molar-refractivity contribution < 1.29 is 17.7 Å². The molecule has 0 saturated carbocycles. The van der Waals surface area contributed by atoms with E-state index < -0.39 is 31.3 Å². The molecular weight excluding hydrogens is 303 g/mol. The van der Waals surface area contributed by atoms with Gasteiger partial charge in [-0.05, 0) is 18.2 Å². The fraction of sp³-hybridized carbons (Fsp3) is 0.182. The molecule has 112 valence electrons. The zero-order chi connectivity index (χ0) is 15.6. The summed E-state index contributed by atoms with van der Waals surface area (Å²) in [6, 6.07) is 4.48. The van der Waals surface area contributed by atoms with Gasteiger partial charge in [0.05, 0.1) is 17.2 Å². The minimum absolute atomic E-state index is 0.156. The molecule has 0 saturated heterocycles. The molecule has 0 atom stereocenters. The quantitative estimate of drug-likeness (QED) is 0.653. The molecule has 0 radical (unpaired) electrons. The van der Waals surface area contributed by atoms with Crippen molar-refractivity contribution in [1.82, 2.24) is 14.5 Å². The Hall–Kier alpha value is -2.33. The molecule has 0 aliphatic rings. The Kier molecular flexibility index (Phi) is 4.00. The SMILES string of the molecule is Cn1ccc(CNS(=O)(=O)c2cccc(F)c2[N+](=O)[O-])n1. The molecule has 10 heteroatoms. The van der Waals surface area contributed by atoms with Crippen molar-refractivity contribution in [3.63, 3.8) is 0 Å². The van der Waals surface area contributed by atoms with Crippen LogP contribution < -0.4 is 4.72 Å². The van der Waals surface area contributed by atoms with E-state index >= 15 is 0 Å². The van der Waals surface area contributed by atoms with Crippen molar-refractivity contribution in [1.29, 1.82) is 0 Å².